The highest BCUT2D eigenvalue weighted by atomic mass is 16.3. The molecule has 0 aromatic heterocycles. The fourth-order valence-electron chi connectivity index (χ4n) is 3.51. The van der Waals surface area contributed by atoms with Crippen molar-refractivity contribution in [2.24, 2.45) is 17.8 Å². The first-order chi connectivity index (χ1) is 8.81. The van der Waals surface area contributed by atoms with Gasteiger partial charge in [0.15, 0.2) is 0 Å². The van der Waals surface area contributed by atoms with Crippen molar-refractivity contribution in [3.63, 3.8) is 0 Å². The standard InChI is InChI=1S/C15H26O.C2H6O/c1-10-5-7-12(15(3,4)16)9-14-11(2)6-8-13(10)14;1-2-3/h10-12,16H,5-9H2,1-4H3;3H,2H2,1H3/t10-,11-,12+;/m0./s1. The van der Waals surface area contributed by atoms with Gasteiger partial charge < -0.3 is 10.2 Å². The Bertz CT molecular complexity index is 312. The van der Waals surface area contributed by atoms with E-state index in [-0.39, 0.29) is 6.61 Å². The summed E-state index contributed by atoms with van der Waals surface area (Å²) in [6.07, 6.45) is 6.25. The topological polar surface area (TPSA) is 40.5 Å². The van der Waals surface area contributed by atoms with Gasteiger partial charge in [0.2, 0.25) is 0 Å². The van der Waals surface area contributed by atoms with Crippen LogP contribution in [0.4, 0.5) is 0 Å². The summed E-state index contributed by atoms with van der Waals surface area (Å²) in [5.74, 6) is 1.98. The Morgan fingerprint density at radius 1 is 1.05 bits per heavy atom. The molecule has 2 heteroatoms. The lowest BCUT2D eigenvalue weighted by Gasteiger charge is -2.30. The first-order valence-electron chi connectivity index (χ1n) is 7.86. The van der Waals surface area contributed by atoms with Crippen molar-refractivity contribution < 1.29 is 10.2 Å². The normalized spacial score (nSPS) is 31.4. The van der Waals surface area contributed by atoms with E-state index in [2.05, 4.69) is 13.8 Å². The highest BCUT2D eigenvalue weighted by molar-refractivity contribution is 5.26. The quantitative estimate of drug-likeness (QED) is 0.708. The number of hydrogen-bond acceptors (Lipinski definition) is 2. The van der Waals surface area contributed by atoms with E-state index in [4.69, 9.17) is 5.11 Å². The summed E-state index contributed by atoms with van der Waals surface area (Å²) < 4.78 is 0. The van der Waals surface area contributed by atoms with Crippen molar-refractivity contribution in [2.75, 3.05) is 6.61 Å². The summed E-state index contributed by atoms with van der Waals surface area (Å²) in [5, 5.41) is 17.8. The van der Waals surface area contributed by atoms with Crippen LogP contribution in [-0.4, -0.2) is 22.4 Å². The maximum atomic E-state index is 10.2. The van der Waals surface area contributed by atoms with E-state index in [1.54, 1.807) is 18.1 Å². The maximum absolute atomic E-state index is 10.2. The van der Waals surface area contributed by atoms with Gasteiger partial charge in [-0.3, -0.25) is 0 Å². The van der Waals surface area contributed by atoms with Gasteiger partial charge in [0, 0.05) is 6.61 Å². The zero-order valence-electron chi connectivity index (χ0n) is 13.4. The van der Waals surface area contributed by atoms with Crippen LogP contribution in [0.2, 0.25) is 0 Å². The average molecular weight is 268 g/mol. The van der Waals surface area contributed by atoms with Crippen LogP contribution in [-0.2, 0) is 0 Å². The molecule has 0 aromatic rings. The highest BCUT2D eigenvalue weighted by Crippen LogP contribution is 2.45. The zero-order valence-corrected chi connectivity index (χ0v) is 13.4. The van der Waals surface area contributed by atoms with Crippen LogP contribution in [0.25, 0.3) is 0 Å². The van der Waals surface area contributed by atoms with Crippen LogP contribution in [0.3, 0.4) is 0 Å². The number of hydrogen-bond donors (Lipinski definition) is 2. The largest absolute Gasteiger partial charge is 0.397 e. The molecule has 0 spiro atoms. The maximum Gasteiger partial charge on any atom is 0.0622 e. The lowest BCUT2D eigenvalue weighted by molar-refractivity contribution is 0.0119. The molecule has 2 N–H and O–H groups in total. The number of allylic oxidation sites excluding steroid dienone is 2. The lowest BCUT2D eigenvalue weighted by atomic mass is 9.81. The third kappa shape index (κ3) is 4.32. The molecule has 0 saturated heterocycles. The monoisotopic (exact) mass is 268 g/mol. The van der Waals surface area contributed by atoms with Crippen molar-refractivity contribution in [2.45, 2.75) is 72.3 Å². The second-order valence-corrected chi connectivity index (χ2v) is 6.84. The summed E-state index contributed by atoms with van der Waals surface area (Å²) >= 11 is 0. The van der Waals surface area contributed by atoms with E-state index in [1.807, 2.05) is 13.8 Å². The van der Waals surface area contributed by atoms with E-state index in [0.717, 1.165) is 18.3 Å². The van der Waals surface area contributed by atoms with Gasteiger partial charge in [-0.15, -0.1) is 0 Å². The van der Waals surface area contributed by atoms with Crippen molar-refractivity contribution in [3.05, 3.63) is 11.1 Å². The van der Waals surface area contributed by atoms with Crippen LogP contribution in [0.15, 0.2) is 11.1 Å². The summed E-state index contributed by atoms with van der Waals surface area (Å²) in [4.78, 5) is 0. The average Bonchev–Trinajstić information content (AvgIpc) is 2.55. The molecule has 0 heterocycles. The Kier molecular flexibility index (Phi) is 6.07. The minimum Gasteiger partial charge on any atom is -0.397 e. The number of rotatable bonds is 1. The molecule has 2 rings (SSSR count). The van der Waals surface area contributed by atoms with Gasteiger partial charge in [0.1, 0.15) is 0 Å². The Hall–Kier alpha value is -0.340. The van der Waals surface area contributed by atoms with Crippen LogP contribution >= 0.6 is 0 Å². The Morgan fingerprint density at radius 2 is 1.58 bits per heavy atom. The molecular weight excluding hydrogens is 236 g/mol. The van der Waals surface area contributed by atoms with E-state index < -0.39 is 5.60 Å². The lowest BCUT2D eigenvalue weighted by Crippen LogP contribution is -2.31. The second-order valence-electron chi connectivity index (χ2n) is 6.84. The highest BCUT2D eigenvalue weighted by Gasteiger charge is 2.35. The summed E-state index contributed by atoms with van der Waals surface area (Å²) in [7, 11) is 0. The van der Waals surface area contributed by atoms with Crippen molar-refractivity contribution in [1.82, 2.24) is 0 Å². The fraction of sp³-hybridized carbons (Fsp3) is 0.882. The summed E-state index contributed by atoms with van der Waals surface area (Å²) in [6, 6.07) is 0. The van der Waals surface area contributed by atoms with Crippen LogP contribution in [0, 0.1) is 17.8 Å². The van der Waals surface area contributed by atoms with Gasteiger partial charge in [-0.05, 0) is 70.6 Å². The molecule has 112 valence electrons. The molecule has 0 unspecified atom stereocenters. The van der Waals surface area contributed by atoms with Crippen LogP contribution < -0.4 is 0 Å². The SMILES string of the molecule is CCO.C[C@H]1CC[C@@H](C(C)(C)O)CC2=C1CC[C@@H]2C. The minimum atomic E-state index is -0.509. The Balaban J connectivity index is 0.000000550. The predicted octanol–water partition coefficient (Wildman–Crippen LogP) is 3.92. The van der Waals surface area contributed by atoms with Gasteiger partial charge in [-0.25, -0.2) is 0 Å². The minimum absolute atomic E-state index is 0.250. The number of aliphatic hydroxyl groups excluding tert-OH is 1. The molecule has 2 aliphatic rings. The molecule has 19 heavy (non-hydrogen) atoms. The smallest absolute Gasteiger partial charge is 0.0622 e. The number of aliphatic hydroxyl groups is 2. The van der Waals surface area contributed by atoms with Gasteiger partial charge in [0.25, 0.3) is 0 Å². The van der Waals surface area contributed by atoms with Crippen molar-refractivity contribution >= 4 is 0 Å². The molecular formula is C17H32O2. The molecule has 3 atom stereocenters. The Morgan fingerprint density at radius 3 is 2.11 bits per heavy atom. The molecule has 0 radical (unpaired) electrons. The van der Waals surface area contributed by atoms with Gasteiger partial charge in [-0.1, -0.05) is 25.0 Å². The Labute approximate surface area is 118 Å². The second kappa shape index (κ2) is 6.90. The third-order valence-corrected chi connectivity index (χ3v) is 4.86. The molecule has 2 aliphatic carbocycles. The van der Waals surface area contributed by atoms with E-state index >= 15 is 0 Å². The van der Waals surface area contributed by atoms with Crippen LogP contribution in [0.1, 0.15) is 66.7 Å². The zero-order chi connectivity index (χ0) is 14.6. The molecule has 0 aliphatic heterocycles. The molecule has 0 saturated carbocycles. The molecule has 0 fully saturated rings. The first kappa shape index (κ1) is 16.7. The predicted molar refractivity (Wildman–Crippen MR) is 81.0 cm³/mol. The summed E-state index contributed by atoms with van der Waals surface area (Å²) in [5.41, 5.74) is 2.92. The van der Waals surface area contributed by atoms with E-state index in [1.165, 1.54) is 25.7 Å². The molecule has 2 nitrogen and oxygen atoms in total. The van der Waals surface area contributed by atoms with Gasteiger partial charge in [0.05, 0.1) is 5.60 Å². The van der Waals surface area contributed by atoms with E-state index in [9.17, 15) is 5.11 Å². The summed E-state index contributed by atoms with van der Waals surface area (Å²) in [6.45, 7) is 10.6. The fourth-order valence-corrected chi connectivity index (χ4v) is 3.51. The third-order valence-electron chi connectivity index (χ3n) is 4.86. The first-order valence-corrected chi connectivity index (χ1v) is 7.86. The van der Waals surface area contributed by atoms with Crippen molar-refractivity contribution in [3.8, 4) is 0 Å². The molecule has 0 aromatic carbocycles. The van der Waals surface area contributed by atoms with E-state index in [0.29, 0.717) is 5.92 Å². The van der Waals surface area contributed by atoms with Crippen LogP contribution in [0.5, 0.6) is 0 Å². The van der Waals surface area contributed by atoms with Crippen molar-refractivity contribution in [1.29, 1.82) is 0 Å². The van der Waals surface area contributed by atoms with Gasteiger partial charge in [-0.2, -0.15) is 0 Å². The molecule has 0 bridgehead atoms. The molecule has 0 amide bonds. The van der Waals surface area contributed by atoms with Gasteiger partial charge >= 0.3 is 0 Å².